The number of rotatable bonds is 18. The van der Waals surface area contributed by atoms with Gasteiger partial charge in [-0.15, -0.1) is 0 Å². The molecule has 0 aliphatic heterocycles. The molecule has 0 aromatic rings. The summed E-state index contributed by atoms with van der Waals surface area (Å²) in [5.74, 6) is 0. The van der Waals surface area contributed by atoms with Gasteiger partial charge < -0.3 is 9.66 Å². The Morgan fingerprint density at radius 3 is 1.35 bits per heavy atom. The van der Waals surface area contributed by atoms with Gasteiger partial charge in [-0.1, -0.05) is 103 Å². The standard InChI is InChI=1S/C20H42O4S.K/c1-3-4-5-6-7-8-9-10-11-12-13-14-15-16-17-18-20(21)19(2)25(22,23)24;/h19-21H,3-18H2,1-2H3,(H,22,23,24);/q;+1/p-1. The van der Waals surface area contributed by atoms with Gasteiger partial charge in [-0.05, 0) is 13.3 Å². The largest absolute Gasteiger partial charge is 1.00 e. The van der Waals surface area contributed by atoms with Crippen molar-refractivity contribution in [1.82, 2.24) is 0 Å². The molecule has 0 bridgehead atoms. The maximum atomic E-state index is 10.8. The van der Waals surface area contributed by atoms with Gasteiger partial charge in [0.2, 0.25) is 0 Å². The van der Waals surface area contributed by atoms with Crippen LogP contribution in [0.3, 0.4) is 0 Å². The summed E-state index contributed by atoms with van der Waals surface area (Å²) in [6.45, 7) is 3.55. The number of hydrogen-bond donors (Lipinski definition) is 1. The van der Waals surface area contributed by atoms with Gasteiger partial charge in [0.05, 0.1) is 21.5 Å². The molecule has 2 atom stereocenters. The van der Waals surface area contributed by atoms with Crippen LogP contribution in [-0.4, -0.2) is 29.4 Å². The van der Waals surface area contributed by atoms with Crippen LogP contribution in [0, 0.1) is 0 Å². The second kappa shape index (κ2) is 19.8. The van der Waals surface area contributed by atoms with E-state index in [4.69, 9.17) is 0 Å². The molecule has 0 amide bonds. The summed E-state index contributed by atoms with van der Waals surface area (Å²) in [5.41, 5.74) is 0. The molecule has 0 saturated carbocycles. The molecule has 0 radical (unpaired) electrons. The van der Waals surface area contributed by atoms with Crippen LogP contribution in [0.1, 0.15) is 117 Å². The third kappa shape index (κ3) is 18.9. The van der Waals surface area contributed by atoms with E-state index in [1.807, 2.05) is 0 Å². The third-order valence-corrected chi connectivity index (χ3v) is 6.33. The molecule has 0 saturated heterocycles. The van der Waals surface area contributed by atoms with E-state index in [0.29, 0.717) is 6.42 Å². The van der Waals surface area contributed by atoms with Gasteiger partial charge in [-0.3, -0.25) is 0 Å². The minimum Gasteiger partial charge on any atom is -0.748 e. The Labute approximate surface area is 205 Å². The van der Waals surface area contributed by atoms with Crippen LogP contribution in [0.4, 0.5) is 0 Å². The molecule has 0 aliphatic carbocycles. The van der Waals surface area contributed by atoms with Crippen LogP contribution in [-0.2, 0) is 10.1 Å². The van der Waals surface area contributed by atoms with Crippen LogP contribution < -0.4 is 51.4 Å². The predicted molar refractivity (Wildman–Crippen MR) is 105 cm³/mol. The Kier molecular flexibility index (Phi) is 22.6. The SMILES string of the molecule is CCCCCCCCCCCCCCCCCC(O)C(C)S(=O)(=O)[O-].[K+]. The zero-order valence-corrected chi connectivity index (χ0v) is 21.5. The summed E-state index contributed by atoms with van der Waals surface area (Å²) in [4.78, 5) is 0. The van der Waals surface area contributed by atoms with Crippen LogP contribution >= 0.6 is 0 Å². The van der Waals surface area contributed by atoms with Gasteiger partial charge in [0, 0.05) is 0 Å². The number of hydrogen-bond acceptors (Lipinski definition) is 4. The van der Waals surface area contributed by atoms with E-state index in [9.17, 15) is 18.1 Å². The molecule has 2 unspecified atom stereocenters. The Balaban J connectivity index is 0. The summed E-state index contributed by atoms with van der Waals surface area (Å²) < 4.78 is 32.5. The van der Waals surface area contributed by atoms with E-state index in [0.717, 1.165) is 19.3 Å². The minimum absolute atomic E-state index is 0. The second-order valence-corrected chi connectivity index (χ2v) is 9.23. The summed E-state index contributed by atoms with van der Waals surface area (Å²) in [6, 6.07) is 0. The van der Waals surface area contributed by atoms with Crippen molar-refractivity contribution in [3.05, 3.63) is 0 Å². The van der Waals surface area contributed by atoms with E-state index < -0.39 is 21.5 Å². The fourth-order valence-corrected chi connectivity index (χ4v) is 3.67. The van der Waals surface area contributed by atoms with Crippen molar-refractivity contribution in [2.75, 3.05) is 0 Å². The van der Waals surface area contributed by atoms with Crippen molar-refractivity contribution in [2.45, 2.75) is 128 Å². The van der Waals surface area contributed by atoms with E-state index >= 15 is 0 Å². The first-order chi connectivity index (χ1) is 11.9. The fourth-order valence-electron chi connectivity index (χ4n) is 3.15. The first-order valence-electron chi connectivity index (χ1n) is 10.5. The maximum Gasteiger partial charge on any atom is 1.00 e. The molecule has 0 fully saturated rings. The monoisotopic (exact) mass is 416 g/mol. The Morgan fingerprint density at radius 1 is 0.731 bits per heavy atom. The van der Waals surface area contributed by atoms with E-state index in [2.05, 4.69) is 6.92 Å². The van der Waals surface area contributed by atoms with Crippen molar-refractivity contribution >= 4 is 10.1 Å². The molecule has 4 nitrogen and oxygen atoms in total. The summed E-state index contributed by atoms with van der Waals surface area (Å²) in [7, 11) is -4.37. The molecule has 1 N–H and O–H groups in total. The molecule has 6 heteroatoms. The summed E-state index contributed by atoms with van der Waals surface area (Å²) >= 11 is 0. The first kappa shape index (κ1) is 29.7. The smallest absolute Gasteiger partial charge is 0.748 e. The molecule has 0 heterocycles. The summed E-state index contributed by atoms with van der Waals surface area (Å²) in [5, 5.41) is 8.48. The molecule has 0 spiro atoms. The van der Waals surface area contributed by atoms with E-state index in [1.165, 1.54) is 84.0 Å². The van der Waals surface area contributed by atoms with Gasteiger partial charge >= 0.3 is 51.4 Å². The maximum absolute atomic E-state index is 10.8. The average Bonchev–Trinajstić information content (AvgIpc) is 2.56. The molecule has 26 heavy (non-hydrogen) atoms. The van der Waals surface area contributed by atoms with Crippen molar-refractivity contribution in [3.8, 4) is 0 Å². The minimum atomic E-state index is -4.37. The molecular weight excluding hydrogens is 375 g/mol. The Hall–Kier alpha value is 1.51. The predicted octanol–water partition coefficient (Wildman–Crippen LogP) is 2.55. The quantitative estimate of drug-likeness (QED) is 0.212. The fraction of sp³-hybridized carbons (Fsp3) is 1.00. The van der Waals surface area contributed by atoms with Gasteiger partial charge in [0.25, 0.3) is 0 Å². The molecular formula is C20H41KO4S. The van der Waals surface area contributed by atoms with Gasteiger partial charge in [-0.2, -0.15) is 0 Å². The van der Waals surface area contributed by atoms with Crippen molar-refractivity contribution in [3.63, 3.8) is 0 Å². The normalized spacial score (nSPS) is 14.0. The molecule has 0 aliphatic rings. The van der Waals surface area contributed by atoms with Gasteiger partial charge in [0.15, 0.2) is 0 Å². The molecule has 0 aromatic carbocycles. The van der Waals surface area contributed by atoms with Gasteiger partial charge in [0.1, 0.15) is 0 Å². The molecule has 0 aromatic heterocycles. The summed E-state index contributed by atoms with van der Waals surface area (Å²) in [6.07, 6.45) is 18.5. The van der Waals surface area contributed by atoms with Gasteiger partial charge in [-0.25, -0.2) is 8.42 Å². The van der Waals surface area contributed by atoms with Crippen LogP contribution in [0.15, 0.2) is 0 Å². The van der Waals surface area contributed by atoms with E-state index in [1.54, 1.807) is 0 Å². The van der Waals surface area contributed by atoms with Crippen molar-refractivity contribution in [1.29, 1.82) is 0 Å². The topological polar surface area (TPSA) is 77.4 Å². The Morgan fingerprint density at radius 2 is 1.04 bits per heavy atom. The Bertz CT molecular complexity index is 387. The third-order valence-electron chi connectivity index (χ3n) is 5.10. The van der Waals surface area contributed by atoms with E-state index in [-0.39, 0.29) is 51.4 Å². The number of unbranched alkanes of at least 4 members (excludes halogenated alkanes) is 14. The molecule has 152 valence electrons. The zero-order chi connectivity index (χ0) is 19.0. The van der Waals surface area contributed by atoms with Crippen molar-refractivity contribution < 1.29 is 69.5 Å². The number of aliphatic hydroxyl groups is 1. The number of aliphatic hydroxyl groups excluding tert-OH is 1. The second-order valence-electron chi connectivity index (χ2n) is 7.50. The molecule has 0 rings (SSSR count). The van der Waals surface area contributed by atoms with Crippen LogP contribution in [0.5, 0.6) is 0 Å². The average molecular weight is 417 g/mol. The van der Waals surface area contributed by atoms with Crippen LogP contribution in [0.25, 0.3) is 0 Å². The zero-order valence-electron chi connectivity index (χ0n) is 17.5. The van der Waals surface area contributed by atoms with Crippen LogP contribution in [0.2, 0.25) is 0 Å². The van der Waals surface area contributed by atoms with Crippen molar-refractivity contribution in [2.24, 2.45) is 0 Å². The first-order valence-corrected chi connectivity index (χ1v) is 12.0.